The summed E-state index contributed by atoms with van der Waals surface area (Å²) >= 11 is 0. The fourth-order valence-corrected chi connectivity index (χ4v) is 0.684. The summed E-state index contributed by atoms with van der Waals surface area (Å²) in [7, 11) is 1.27. The predicted molar refractivity (Wildman–Crippen MR) is 80.0 cm³/mol. The van der Waals surface area contributed by atoms with E-state index in [2.05, 4.69) is 30.5 Å². The Bertz CT molecular complexity index is 322. The van der Waals surface area contributed by atoms with Crippen molar-refractivity contribution in [2.24, 2.45) is 21.7 Å². The average Bonchev–Trinajstić information content (AvgIpc) is 2.49. The van der Waals surface area contributed by atoms with Gasteiger partial charge in [0.1, 0.15) is 0 Å². The van der Waals surface area contributed by atoms with E-state index in [9.17, 15) is 9.59 Å². The molecule has 0 atom stereocenters. The van der Waals surface area contributed by atoms with Gasteiger partial charge in [-0.3, -0.25) is 0 Å². The van der Waals surface area contributed by atoms with Crippen molar-refractivity contribution in [1.82, 2.24) is 10.9 Å². The second-order valence-electron chi connectivity index (χ2n) is 3.21. The molecule has 10 heteroatoms. The van der Waals surface area contributed by atoms with E-state index in [1.165, 1.54) is 19.5 Å². The fraction of sp³-hybridized carbons (Fsp3) is 0.636. The van der Waals surface area contributed by atoms with E-state index in [0.717, 1.165) is 0 Å². The number of nitrogens with two attached hydrogens (primary N) is 2. The Balaban J connectivity index is 0. The number of carbonyl (C=O) groups is 2. The minimum atomic E-state index is -0.576. The molecule has 0 aliphatic heterocycles. The number of carbonyl (C=O) groups excluding carboxylic acids is 2. The van der Waals surface area contributed by atoms with Gasteiger partial charge in [-0.25, -0.2) is 20.4 Å². The summed E-state index contributed by atoms with van der Waals surface area (Å²) in [6, 6.07) is 0. The minimum absolute atomic E-state index is 0.345. The molecule has 2 amide bonds. The zero-order valence-electron chi connectivity index (χ0n) is 12.4. The number of hydrogen-bond acceptors (Lipinski definition) is 8. The van der Waals surface area contributed by atoms with Gasteiger partial charge in [-0.1, -0.05) is 0 Å². The van der Waals surface area contributed by atoms with Crippen LogP contribution in [0.5, 0.6) is 0 Å². The van der Waals surface area contributed by atoms with Gasteiger partial charge in [-0.05, 0) is 32.9 Å². The van der Waals surface area contributed by atoms with Crippen molar-refractivity contribution < 1.29 is 19.1 Å². The molecule has 0 aromatic heterocycles. The van der Waals surface area contributed by atoms with Gasteiger partial charge in [0.05, 0.1) is 13.7 Å². The highest BCUT2D eigenvalue weighted by atomic mass is 16.6. The summed E-state index contributed by atoms with van der Waals surface area (Å²) in [6.07, 6.45) is 3.21. The van der Waals surface area contributed by atoms with Crippen LogP contribution < -0.4 is 22.3 Å². The lowest BCUT2D eigenvalue weighted by molar-refractivity contribution is 0.152. The Kier molecular flexibility index (Phi) is 17.9. The molecule has 0 radical (unpaired) electrons. The van der Waals surface area contributed by atoms with Gasteiger partial charge < -0.3 is 20.9 Å². The Morgan fingerprint density at radius 3 is 1.90 bits per heavy atom. The number of hydrogen-bond donors (Lipinski definition) is 4. The lowest BCUT2D eigenvalue weighted by Crippen LogP contribution is -2.18. The highest BCUT2D eigenvalue weighted by Crippen LogP contribution is 1.75. The van der Waals surface area contributed by atoms with Crippen LogP contribution in [0.4, 0.5) is 9.59 Å². The molecule has 0 aliphatic rings. The number of ether oxygens (including phenoxy) is 2. The Morgan fingerprint density at radius 2 is 1.52 bits per heavy atom. The van der Waals surface area contributed by atoms with Gasteiger partial charge in [-0.2, -0.15) is 10.2 Å². The third-order valence-corrected chi connectivity index (χ3v) is 1.55. The molecule has 10 nitrogen and oxygen atoms in total. The van der Waals surface area contributed by atoms with Crippen LogP contribution >= 0.6 is 0 Å². The Morgan fingerprint density at radius 1 is 1.05 bits per heavy atom. The molecule has 0 aromatic carbocycles. The Labute approximate surface area is 123 Å². The third-order valence-electron chi connectivity index (χ3n) is 1.55. The molecule has 0 aliphatic carbocycles. The first-order valence-electron chi connectivity index (χ1n) is 6.32. The molecule has 0 unspecified atom stereocenters. The SMILES string of the molecule is CCOC(=O)N/N=C/CCN.COC(=O)N/N=C/CCN. The molecule has 0 saturated heterocycles. The maximum atomic E-state index is 10.5. The number of methoxy groups -OCH3 is 1. The molecular weight excluding hydrogens is 280 g/mol. The van der Waals surface area contributed by atoms with Gasteiger partial charge in [-0.15, -0.1) is 0 Å². The van der Waals surface area contributed by atoms with E-state index in [0.29, 0.717) is 32.5 Å². The number of hydrazone groups is 2. The highest BCUT2D eigenvalue weighted by molar-refractivity contribution is 5.69. The zero-order valence-corrected chi connectivity index (χ0v) is 12.4. The highest BCUT2D eigenvalue weighted by Gasteiger charge is 1.93. The van der Waals surface area contributed by atoms with Crippen LogP contribution in [0.25, 0.3) is 0 Å². The predicted octanol–water partition coefficient (Wildman–Crippen LogP) is -0.256. The van der Waals surface area contributed by atoms with Crippen LogP contribution in [0.2, 0.25) is 0 Å². The van der Waals surface area contributed by atoms with Crippen LogP contribution in [0, 0.1) is 0 Å². The van der Waals surface area contributed by atoms with Gasteiger partial charge in [0.2, 0.25) is 0 Å². The Hall–Kier alpha value is -2.20. The average molecular weight is 304 g/mol. The maximum absolute atomic E-state index is 10.5. The number of rotatable bonds is 7. The maximum Gasteiger partial charge on any atom is 0.427 e. The van der Waals surface area contributed by atoms with Crippen molar-refractivity contribution in [3.8, 4) is 0 Å². The number of nitrogens with one attached hydrogen (secondary N) is 2. The number of amides is 2. The van der Waals surface area contributed by atoms with Gasteiger partial charge in [0.25, 0.3) is 0 Å². The van der Waals surface area contributed by atoms with Crippen LogP contribution in [0.15, 0.2) is 10.2 Å². The summed E-state index contributed by atoms with van der Waals surface area (Å²) in [6.45, 7) is 3.11. The fourth-order valence-electron chi connectivity index (χ4n) is 0.684. The van der Waals surface area contributed by atoms with E-state index in [1.54, 1.807) is 6.92 Å². The quantitative estimate of drug-likeness (QED) is 0.375. The largest absolute Gasteiger partial charge is 0.452 e. The van der Waals surface area contributed by atoms with E-state index in [1.807, 2.05) is 0 Å². The molecule has 6 N–H and O–H groups in total. The van der Waals surface area contributed by atoms with E-state index in [-0.39, 0.29) is 0 Å². The summed E-state index contributed by atoms with van der Waals surface area (Å²) in [5, 5.41) is 7.05. The van der Waals surface area contributed by atoms with Crippen molar-refractivity contribution in [1.29, 1.82) is 0 Å². The normalized spacial score (nSPS) is 9.90. The standard InChI is InChI=1S/C6H13N3O2.C5H11N3O2/c1-2-11-6(10)9-8-5-3-4-7;1-10-5(9)8-7-4-2-3-6/h5H,2-4,7H2,1H3,(H,9,10);4H,2-3,6H2,1H3,(H,8,9)/b8-5+;7-4+. The second-order valence-corrected chi connectivity index (χ2v) is 3.21. The van der Waals surface area contributed by atoms with E-state index >= 15 is 0 Å². The molecule has 122 valence electrons. The molecule has 0 saturated carbocycles. The van der Waals surface area contributed by atoms with Crippen molar-refractivity contribution >= 4 is 24.6 Å². The molecule has 0 fully saturated rings. The smallest absolute Gasteiger partial charge is 0.427 e. The summed E-state index contributed by atoms with van der Waals surface area (Å²) < 4.78 is 8.76. The molecule has 21 heavy (non-hydrogen) atoms. The summed E-state index contributed by atoms with van der Waals surface area (Å²) in [4.78, 5) is 20.8. The van der Waals surface area contributed by atoms with E-state index in [4.69, 9.17) is 11.5 Å². The van der Waals surface area contributed by atoms with Crippen LogP contribution in [0.3, 0.4) is 0 Å². The monoisotopic (exact) mass is 304 g/mol. The van der Waals surface area contributed by atoms with Crippen molar-refractivity contribution in [3.05, 3.63) is 0 Å². The lowest BCUT2D eigenvalue weighted by atomic mass is 10.5. The molecule has 0 aromatic rings. The molecule has 0 rings (SSSR count). The van der Waals surface area contributed by atoms with E-state index < -0.39 is 12.2 Å². The second kappa shape index (κ2) is 17.8. The van der Waals surface area contributed by atoms with Crippen molar-refractivity contribution in [2.45, 2.75) is 19.8 Å². The van der Waals surface area contributed by atoms with Crippen LogP contribution in [-0.4, -0.2) is 51.4 Å². The first-order chi connectivity index (χ1) is 10.1. The molecule has 0 bridgehead atoms. The minimum Gasteiger partial charge on any atom is -0.452 e. The summed E-state index contributed by atoms with van der Waals surface area (Å²) in [5.74, 6) is 0. The van der Waals surface area contributed by atoms with Crippen molar-refractivity contribution in [3.63, 3.8) is 0 Å². The first-order valence-corrected chi connectivity index (χ1v) is 6.32. The van der Waals surface area contributed by atoms with Gasteiger partial charge >= 0.3 is 12.2 Å². The van der Waals surface area contributed by atoms with Crippen LogP contribution in [-0.2, 0) is 9.47 Å². The number of nitrogens with zero attached hydrogens (tertiary/aromatic N) is 2. The molecular formula is C11H24N6O4. The summed E-state index contributed by atoms with van der Waals surface area (Å²) in [5.41, 5.74) is 14.6. The van der Waals surface area contributed by atoms with Gasteiger partial charge in [0, 0.05) is 12.4 Å². The van der Waals surface area contributed by atoms with Crippen LogP contribution in [0.1, 0.15) is 19.8 Å². The molecule has 0 heterocycles. The lowest BCUT2D eigenvalue weighted by Gasteiger charge is -1.97. The van der Waals surface area contributed by atoms with Crippen molar-refractivity contribution in [2.75, 3.05) is 26.8 Å². The molecule has 0 spiro atoms. The zero-order chi connectivity index (χ0) is 16.3. The van der Waals surface area contributed by atoms with Gasteiger partial charge in [0.15, 0.2) is 0 Å². The topological polar surface area (TPSA) is 153 Å². The third kappa shape index (κ3) is 20.3. The first kappa shape index (κ1) is 21.1.